The number of fused-ring (bicyclic) bond motifs is 12. The van der Waals surface area contributed by atoms with Crippen LogP contribution in [0, 0.1) is 0 Å². The van der Waals surface area contributed by atoms with Gasteiger partial charge in [-0.3, -0.25) is 0 Å². The standard InChI is InChI=1S/C43H27NO/c1-2-12-30(13-3-1)44-39-20-10-6-16-33(39)34-26-28(22-24-40(34)44)29-23-25-42-38(27-29)43(37-19-9-11-21-41(37)45-42)35-17-7-4-14-31(35)32-15-5-8-18-36(32)43/h1-27H/i1D,2D,3D,4D,5D,7D,8D,9D,11D,12D,13D,14D,15D,17D,18D,19D,21D,23D,25D,27D. The van der Waals surface area contributed by atoms with E-state index in [4.69, 9.17) is 23.9 Å². The lowest BCUT2D eigenvalue weighted by atomic mass is 9.66. The minimum absolute atomic E-state index is 0.104. The van der Waals surface area contributed by atoms with E-state index >= 15 is 0 Å². The Kier molecular flexibility index (Phi) is 2.47. The van der Waals surface area contributed by atoms with Crippen LogP contribution in [-0.4, -0.2) is 4.57 Å². The smallest absolute Gasteiger partial charge is 0.132 e. The molecule has 1 aromatic heterocycles. The van der Waals surface area contributed by atoms with E-state index in [1.807, 2.05) is 0 Å². The molecule has 0 amide bonds. The van der Waals surface area contributed by atoms with E-state index in [1.54, 1.807) is 36.4 Å². The zero-order valence-electron chi connectivity index (χ0n) is 42.9. The predicted octanol–water partition coefficient (Wildman–Crippen LogP) is 10.9. The van der Waals surface area contributed by atoms with Gasteiger partial charge in [0.1, 0.15) is 11.5 Å². The molecule has 0 atom stereocenters. The van der Waals surface area contributed by atoms with Gasteiger partial charge >= 0.3 is 0 Å². The number of benzene rings is 7. The SMILES string of the molecule is [2H]c1c([2H])c([2H])c(-n2c3ccccc3c3cc(-c4c([2H])c([2H])c5c(c4[2H])C4(c6c([2H])c([2H])c([2H])c([2H])c6O5)c5c([2H])c([2H])c([2H])c([2H])c5-c5c([2H])c([2H])c([2H])c([2H])c54)ccc32)c([2H])c1[2H]. The average Bonchev–Trinajstić information content (AvgIpc) is 3.78. The van der Waals surface area contributed by atoms with Crippen molar-refractivity contribution in [1.29, 1.82) is 0 Å². The molecule has 0 fully saturated rings. The molecule has 2 heteroatoms. The molecule has 0 bridgehead atoms. The van der Waals surface area contributed by atoms with Crippen LogP contribution in [0.15, 0.2) is 163 Å². The molecule has 8 aromatic rings. The van der Waals surface area contributed by atoms with Crippen molar-refractivity contribution in [3.63, 3.8) is 0 Å². The highest BCUT2D eigenvalue weighted by molar-refractivity contribution is 6.10. The van der Waals surface area contributed by atoms with Crippen molar-refractivity contribution in [2.24, 2.45) is 0 Å². The minimum Gasteiger partial charge on any atom is -0.457 e. The Balaban J connectivity index is 1.40. The van der Waals surface area contributed by atoms with E-state index in [9.17, 15) is 8.22 Å². The van der Waals surface area contributed by atoms with E-state index in [-0.39, 0.29) is 16.8 Å². The van der Waals surface area contributed by atoms with Crippen molar-refractivity contribution in [1.82, 2.24) is 4.57 Å². The van der Waals surface area contributed by atoms with Crippen LogP contribution in [0.4, 0.5) is 0 Å². The second kappa shape index (κ2) is 9.07. The summed E-state index contributed by atoms with van der Waals surface area (Å²) in [7, 11) is 0. The van der Waals surface area contributed by atoms with Gasteiger partial charge in [0.2, 0.25) is 0 Å². The van der Waals surface area contributed by atoms with Crippen molar-refractivity contribution in [2.75, 3.05) is 0 Å². The van der Waals surface area contributed by atoms with Crippen LogP contribution in [-0.2, 0) is 5.41 Å². The highest BCUT2D eigenvalue weighted by atomic mass is 16.5. The maximum Gasteiger partial charge on any atom is 0.132 e. The third-order valence-electron chi connectivity index (χ3n) is 8.43. The van der Waals surface area contributed by atoms with Gasteiger partial charge in [-0.25, -0.2) is 0 Å². The number of hydrogen-bond acceptors (Lipinski definition) is 1. The number of nitrogens with zero attached hydrogens (tertiary/aromatic N) is 1. The van der Waals surface area contributed by atoms with Crippen molar-refractivity contribution in [3.05, 3.63) is 186 Å². The molecule has 10 rings (SSSR count). The van der Waals surface area contributed by atoms with Gasteiger partial charge in [0.15, 0.2) is 0 Å². The fourth-order valence-corrected chi connectivity index (χ4v) is 6.66. The monoisotopic (exact) mass is 593 g/mol. The highest BCUT2D eigenvalue weighted by Gasteiger charge is 2.50. The van der Waals surface area contributed by atoms with Gasteiger partial charge in [-0.1, -0.05) is 115 Å². The number of aromatic nitrogens is 1. The third-order valence-corrected chi connectivity index (χ3v) is 8.43. The fraction of sp³-hybridized carbons (Fsp3) is 0.0233. The predicted molar refractivity (Wildman–Crippen MR) is 184 cm³/mol. The summed E-state index contributed by atoms with van der Waals surface area (Å²) in [4.78, 5) is 0. The van der Waals surface area contributed by atoms with Crippen LogP contribution in [0.5, 0.6) is 11.5 Å². The van der Waals surface area contributed by atoms with E-state index < -0.39 is 171 Å². The summed E-state index contributed by atoms with van der Waals surface area (Å²) in [5.41, 5.74) is -4.99. The topological polar surface area (TPSA) is 14.2 Å². The fourth-order valence-electron chi connectivity index (χ4n) is 6.66. The van der Waals surface area contributed by atoms with Crippen LogP contribution in [0.2, 0.25) is 0 Å². The summed E-state index contributed by atoms with van der Waals surface area (Å²) in [5.74, 6) is -1.28. The lowest BCUT2D eigenvalue weighted by molar-refractivity contribution is 0.436. The number of rotatable bonds is 2. The van der Waals surface area contributed by atoms with Crippen LogP contribution < -0.4 is 4.74 Å². The molecule has 45 heavy (non-hydrogen) atoms. The van der Waals surface area contributed by atoms with Gasteiger partial charge in [0.05, 0.1) is 43.9 Å². The number of para-hydroxylation sites is 3. The Hall–Kier alpha value is -5.86. The van der Waals surface area contributed by atoms with Crippen LogP contribution >= 0.6 is 0 Å². The van der Waals surface area contributed by atoms with E-state index in [0.29, 0.717) is 21.8 Å². The van der Waals surface area contributed by atoms with Crippen LogP contribution in [0.3, 0.4) is 0 Å². The summed E-state index contributed by atoms with van der Waals surface area (Å²) in [6.45, 7) is 0. The highest BCUT2D eigenvalue weighted by Crippen LogP contribution is 2.62. The molecule has 0 N–H and O–H groups in total. The molecule has 1 aliphatic heterocycles. The Bertz CT molecular complexity index is 3500. The first-order valence-corrected chi connectivity index (χ1v) is 13.9. The average molecular weight is 594 g/mol. The van der Waals surface area contributed by atoms with Gasteiger partial charge in [0.25, 0.3) is 0 Å². The van der Waals surface area contributed by atoms with Gasteiger partial charge in [-0.05, 0) is 81.8 Å². The summed E-state index contributed by atoms with van der Waals surface area (Å²) in [6, 6.07) is -2.86. The summed E-state index contributed by atoms with van der Waals surface area (Å²) < 4.78 is 187. The van der Waals surface area contributed by atoms with Gasteiger partial charge in [-0.15, -0.1) is 0 Å². The maximum absolute atomic E-state index is 10.1. The van der Waals surface area contributed by atoms with E-state index in [1.165, 1.54) is 10.6 Å². The molecule has 0 unspecified atom stereocenters. The molecular formula is C43H27NO. The zero-order valence-corrected chi connectivity index (χ0v) is 22.9. The van der Waals surface area contributed by atoms with Crippen molar-refractivity contribution in [3.8, 4) is 39.4 Å². The molecule has 2 nitrogen and oxygen atoms in total. The maximum atomic E-state index is 10.1. The number of ether oxygens (including phenoxy) is 1. The van der Waals surface area contributed by atoms with Gasteiger partial charge in [-0.2, -0.15) is 0 Å². The van der Waals surface area contributed by atoms with E-state index in [2.05, 4.69) is 0 Å². The van der Waals surface area contributed by atoms with Crippen molar-refractivity contribution < 1.29 is 32.2 Å². The molecule has 0 saturated carbocycles. The summed E-state index contributed by atoms with van der Waals surface area (Å²) in [6.07, 6.45) is 0. The molecular weight excluding hydrogens is 546 g/mol. The van der Waals surface area contributed by atoms with E-state index in [0.717, 1.165) is 0 Å². The molecule has 210 valence electrons. The van der Waals surface area contributed by atoms with Crippen LogP contribution in [0.1, 0.15) is 49.7 Å². The summed E-state index contributed by atoms with van der Waals surface area (Å²) in [5, 5.41) is 0.937. The zero-order chi connectivity index (χ0) is 46.9. The molecule has 2 aliphatic rings. The van der Waals surface area contributed by atoms with Crippen molar-refractivity contribution in [2.45, 2.75) is 5.41 Å². The van der Waals surface area contributed by atoms with Crippen molar-refractivity contribution >= 4 is 21.8 Å². The normalized spacial score (nSPS) is 19.9. The molecule has 2 heterocycles. The van der Waals surface area contributed by atoms with Gasteiger partial charge in [0, 0.05) is 27.6 Å². The molecule has 7 aromatic carbocycles. The Morgan fingerprint density at radius 1 is 0.511 bits per heavy atom. The molecule has 0 radical (unpaired) electrons. The number of hydrogen-bond donors (Lipinski definition) is 0. The third kappa shape index (κ3) is 3.23. The Morgan fingerprint density at radius 2 is 1.16 bits per heavy atom. The quantitative estimate of drug-likeness (QED) is 0.194. The molecule has 1 spiro atoms. The largest absolute Gasteiger partial charge is 0.457 e. The second-order valence-electron chi connectivity index (χ2n) is 10.6. The Labute approximate surface area is 289 Å². The molecule has 0 saturated heterocycles. The van der Waals surface area contributed by atoms with Crippen LogP contribution in [0.25, 0.3) is 49.7 Å². The summed E-state index contributed by atoms with van der Waals surface area (Å²) >= 11 is 0. The first-order valence-electron chi connectivity index (χ1n) is 23.9. The second-order valence-corrected chi connectivity index (χ2v) is 10.6. The molecule has 1 aliphatic carbocycles. The lowest BCUT2D eigenvalue weighted by Crippen LogP contribution is -2.32. The Morgan fingerprint density at radius 3 is 1.96 bits per heavy atom. The first-order chi connectivity index (χ1) is 30.6. The minimum atomic E-state index is -2.63. The lowest BCUT2D eigenvalue weighted by Gasteiger charge is -2.39. The first kappa shape index (κ1) is 12.3. The van der Waals surface area contributed by atoms with Gasteiger partial charge < -0.3 is 9.30 Å².